The number of nitrogens with zero attached hydrogens (tertiary/aromatic N) is 1. The van der Waals surface area contributed by atoms with Gasteiger partial charge in [0.1, 0.15) is 6.10 Å². The van der Waals surface area contributed by atoms with E-state index in [0.29, 0.717) is 12.0 Å². The van der Waals surface area contributed by atoms with Gasteiger partial charge in [-0.3, -0.25) is 0 Å². The molecule has 11 heavy (non-hydrogen) atoms. The SMILES string of the molecule is CC(C)/C=N/O[C@H]1CCNC1. The minimum absolute atomic E-state index is 0.296. The molecule has 0 bridgehead atoms. The zero-order valence-corrected chi connectivity index (χ0v) is 7.21. The van der Waals surface area contributed by atoms with Gasteiger partial charge in [-0.2, -0.15) is 0 Å². The first kappa shape index (κ1) is 8.53. The summed E-state index contributed by atoms with van der Waals surface area (Å²) in [6.45, 7) is 6.16. The molecule has 0 aromatic heterocycles. The third-order valence-electron chi connectivity index (χ3n) is 1.58. The molecule has 1 aliphatic rings. The van der Waals surface area contributed by atoms with Crippen LogP contribution in [0, 0.1) is 5.92 Å². The Morgan fingerprint density at radius 1 is 1.64 bits per heavy atom. The van der Waals surface area contributed by atoms with Crippen LogP contribution in [0.5, 0.6) is 0 Å². The monoisotopic (exact) mass is 156 g/mol. The first-order chi connectivity index (χ1) is 5.29. The molecule has 0 aromatic carbocycles. The molecule has 0 radical (unpaired) electrons. The fourth-order valence-corrected chi connectivity index (χ4v) is 0.961. The van der Waals surface area contributed by atoms with Gasteiger partial charge >= 0.3 is 0 Å². The average molecular weight is 156 g/mol. The van der Waals surface area contributed by atoms with Gasteiger partial charge in [0.25, 0.3) is 0 Å². The zero-order valence-electron chi connectivity index (χ0n) is 7.21. The first-order valence-electron chi connectivity index (χ1n) is 4.19. The van der Waals surface area contributed by atoms with E-state index < -0.39 is 0 Å². The fraction of sp³-hybridized carbons (Fsp3) is 0.875. The molecule has 1 rings (SSSR count). The van der Waals surface area contributed by atoms with Crippen molar-refractivity contribution in [1.29, 1.82) is 0 Å². The van der Waals surface area contributed by atoms with E-state index in [2.05, 4.69) is 24.3 Å². The van der Waals surface area contributed by atoms with Gasteiger partial charge in [0.2, 0.25) is 0 Å². The normalized spacial score (nSPS) is 25.2. The molecule has 1 fully saturated rings. The summed E-state index contributed by atoms with van der Waals surface area (Å²) < 4.78 is 0. The van der Waals surface area contributed by atoms with Gasteiger partial charge in [-0.05, 0) is 12.5 Å². The van der Waals surface area contributed by atoms with Gasteiger partial charge < -0.3 is 10.2 Å². The molecule has 1 heterocycles. The van der Waals surface area contributed by atoms with E-state index in [1.165, 1.54) is 0 Å². The highest BCUT2D eigenvalue weighted by atomic mass is 16.6. The fourth-order valence-electron chi connectivity index (χ4n) is 0.961. The molecular weight excluding hydrogens is 140 g/mol. The van der Waals surface area contributed by atoms with E-state index in [-0.39, 0.29) is 0 Å². The summed E-state index contributed by atoms with van der Waals surface area (Å²) in [5.41, 5.74) is 0. The largest absolute Gasteiger partial charge is 0.391 e. The van der Waals surface area contributed by atoms with Gasteiger partial charge in [0.05, 0.1) is 0 Å². The lowest BCUT2D eigenvalue weighted by molar-refractivity contribution is 0.0739. The number of hydrogen-bond donors (Lipinski definition) is 1. The van der Waals surface area contributed by atoms with Crippen molar-refractivity contribution in [2.75, 3.05) is 13.1 Å². The van der Waals surface area contributed by atoms with E-state index in [1.54, 1.807) is 0 Å². The van der Waals surface area contributed by atoms with Crippen molar-refractivity contribution in [2.45, 2.75) is 26.4 Å². The molecule has 0 unspecified atom stereocenters. The maximum atomic E-state index is 5.22. The quantitative estimate of drug-likeness (QED) is 0.488. The predicted molar refractivity (Wildman–Crippen MR) is 45.7 cm³/mol. The minimum atomic E-state index is 0.296. The molecule has 0 saturated carbocycles. The number of oxime groups is 1. The minimum Gasteiger partial charge on any atom is -0.391 e. The van der Waals surface area contributed by atoms with Crippen molar-refractivity contribution in [3.8, 4) is 0 Å². The van der Waals surface area contributed by atoms with E-state index >= 15 is 0 Å². The highest BCUT2D eigenvalue weighted by Gasteiger charge is 2.14. The first-order valence-corrected chi connectivity index (χ1v) is 4.19. The second kappa shape index (κ2) is 4.34. The molecule has 64 valence electrons. The van der Waals surface area contributed by atoms with Crippen LogP contribution in [0.4, 0.5) is 0 Å². The van der Waals surface area contributed by atoms with Crippen LogP contribution in [0.2, 0.25) is 0 Å². The smallest absolute Gasteiger partial charge is 0.141 e. The van der Waals surface area contributed by atoms with Gasteiger partial charge in [0, 0.05) is 19.2 Å². The van der Waals surface area contributed by atoms with Crippen LogP contribution in [0.15, 0.2) is 5.16 Å². The van der Waals surface area contributed by atoms with Crippen LogP contribution in [-0.4, -0.2) is 25.4 Å². The summed E-state index contributed by atoms with van der Waals surface area (Å²) >= 11 is 0. The Kier molecular flexibility index (Phi) is 3.36. The summed E-state index contributed by atoms with van der Waals surface area (Å²) in [7, 11) is 0. The lowest BCUT2D eigenvalue weighted by atomic mass is 10.3. The van der Waals surface area contributed by atoms with E-state index in [1.807, 2.05) is 6.21 Å². The van der Waals surface area contributed by atoms with Crippen LogP contribution < -0.4 is 5.32 Å². The summed E-state index contributed by atoms with van der Waals surface area (Å²) in [5, 5.41) is 7.10. The maximum absolute atomic E-state index is 5.22. The number of hydrogen-bond acceptors (Lipinski definition) is 3. The number of rotatable bonds is 3. The van der Waals surface area contributed by atoms with Gasteiger partial charge in [-0.15, -0.1) is 0 Å². The van der Waals surface area contributed by atoms with Crippen LogP contribution in [-0.2, 0) is 4.84 Å². The summed E-state index contributed by atoms with van der Waals surface area (Å²) in [6, 6.07) is 0. The van der Waals surface area contributed by atoms with Crippen molar-refractivity contribution < 1.29 is 4.84 Å². The van der Waals surface area contributed by atoms with E-state index in [0.717, 1.165) is 19.5 Å². The molecular formula is C8H16N2O. The topological polar surface area (TPSA) is 33.6 Å². The Balaban J connectivity index is 2.10. The molecule has 1 N–H and O–H groups in total. The van der Waals surface area contributed by atoms with Gasteiger partial charge in [-0.1, -0.05) is 19.0 Å². The summed E-state index contributed by atoms with van der Waals surface area (Å²) in [6.07, 6.45) is 3.21. The highest BCUT2D eigenvalue weighted by Crippen LogP contribution is 2.02. The third-order valence-corrected chi connectivity index (χ3v) is 1.58. The van der Waals surface area contributed by atoms with Crippen molar-refractivity contribution >= 4 is 6.21 Å². The Morgan fingerprint density at radius 3 is 3.00 bits per heavy atom. The predicted octanol–water partition coefficient (Wildman–Crippen LogP) is 1.01. The third kappa shape index (κ3) is 3.37. The molecule has 0 aliphatic carbocycles. The van der Waals surface area contributed by atoms with Gasteiger partial charge in [-0.25, -0.2) is 0 Å². The number of nitrogens with one attached hydrogen (secondary N) is 1. The standard InChI is InChI=1S/C8H16N2O/c1-7(2)5-10-11-8-3-4-9-6-8/h5,7-9H,3-4,6H2,1-2H3/b10-5+/t8-/m0/s1. The van der Waals surface area contributed by atoms with E-state index in [9.17, 15) is 0 Å². The van der Waals surface area contributed by atoms with Crippen LogP contribution in [0.3, 0.4) is 0 Å². The van der Waals surface area contributed by atoms with Crippen molar-refractivity contribution in [2.24, 2.45) is 11.1 Å². The van der Waals surface area contributed by atoms with Crippen molar-refractivity contribution in [1.82, 2.24) is 5.32 Å². The lowest BCUT2D eigenvalue weighted by Gasteiger charge is -2.04. The average Bonchev–Trinajstić information content (AvgIpc) is 2.39. The van der Waals surface area contributed by atoms with Crippen LogP contribution >= 0.6 is 0 Å². The second-order valence-electron chi connectivity index (χ2n) is 3.22. The molecule has 3 nitrogen and oxygen atoms in total. The second-order valence-corrected chi connectivity index (χ2v) is 3.22. The van der Waals surface area contributed by atoms with Crippen LogP contribution in [0.25, 0.3) is 0 Å². The Hall–Kier alpha value is -0.570. The molecule has 0 aromatic rings. The molecule has 3 heteroatoms. The van der Waals surface area contributed by atoms with Gasteiger partial charge in [0.15, 0.2) is 0 Å². The molecule has 0 amide bonds. The van der Waals surface area contributed by atoms with Crippen molar-refractivity contribution in [3.05, 3.63) is 0 Å². The Morgan fingerprint density at radius 2 is 2.45 bits per heavy atom. The highest BCUT2D eigenvalue weighted by molar-refractivity contribution is 5.58. The molecule has 0 spiro atoms. The lowest BCUT2D eigenvalue weighted by Crippen LogP contribution is -2.14. The maximum Gasteiger partial charge on any atom is 0.141 e. The molecule has 1 saturated heterocycles. The summed E-state index contributed by atoms with van der Waals surface area (Å²) in [4.78, 5) is 5.22. The molecule has 1 aliphatic heterocycles. The van der Waals surface area contributed by atoms with Crippen LogP contribution in [0.1, 0.15) is 20.3 Å². The Labute approximate surface area is 67.8 Å². The molecule has 1 atom stereocenters. The zero-order chi connectivity index (χ0) is 8.10. The van der Waals surface area contributed by atoms with Crippen molar-refractivity contribution in [3.63, 3.8) is 0 Å². The summed E-state index contributed by atoms with van der Waals surface area (Å²) in [5.74, 6) is 0.476. The van der Waals surface area contributed by atoms with E-state index in [4.69, 9.17) is 4.84 Å². The Bertz CT molecular complexity index is 128.